The van der Waals surface area contributed by atoms with Gasteiger partial charge in [-0.2, -0.15) is 0 Å². The van der Waals surface area contributed by atoms with Crippen LogP contribution in [-0.2, 0) is 0 Å². The first kappa shape index (κ1) is 14.0. The molecule has 0 aliphatic heterocycles. The predicted molar refractivity (Wildman–Crippen MR) is 85.9 cm³/mol. The number of carbonyl (C=O) groups excluding carboxylic acids is 1. The number of hydrogen-bond donors (Lipinski definition) is 0. The summed E-state index contributed by atoms with van der Waals surface area (Å²) in [5, 5.41) is 0.909. The fraction of sp³-hybridized carbons (Fsp3) is 0.167. The highest BCUT2D eigenvalue weighted by molar-refractivity contribution is 7.21. The lowest BCUT2D eigenvalue weighted by atomic mass is 9.96. The van der Waals surface area contributed by atoms with Gasteiger partial charge in [-0.05, 0) is 55.5 Å². The molecule has 0 unspecified atom stereocenters. The first-order valence-corrected chi connectivity index (χ1v) is 7.59. The summed E-state index contributed by atoms with van der Waals surface area (Å²) in [7, 11) is 0. The van der Waals surface area contributed by atoms with Crippen molar-refractivity contribution < 1.29 is 9.18 Å². The van der Waals surface area contributed by atoms with E-state index in [1.54, 1.807) is 6.07 Å². The summed E-state index contributed by atoms with van der Waals surface area (Å²) in [4.78, 5) is 13.4. The van der Waals surface area contributed by atoms with Crippen LogP contribution in [0.2, 0.25) is 0 Å². The molecule has 3 heteroatoms. The fourth-order valence-electron chi connectivity index (χ4n) is 2.78. The Balaban J connectivity index is 2.12. The quantitative estimate of drug-likeness (QED) is 0.594. The molecule has 1 aromatic heterocycles. The second-order valence-electron chi connectivity index (χ2n) is 5.40. The van der Waals surface area contributed by atoms with Crippen molar-refractivity contribution in [2.45, 2.75) is 20.8 Å². The van der Waals surface area contributed by atoms with Crippen molar-refractivity contribution in [1.82, 2.24) is 0 Å². The summed E-state index contributed by atoms with van der Waals surface area (Å²) in [5.74, 6) is -0.252. The van der Waals surface area contributed by atoms with Crippen LogP contribution in [0.15, 0.2) is 36.4 Å². The zero-order chi connectivity index (χ0) is 15.1. The Bertz CT molecular complexity index is 838. The van der Waals surface area contributed by atoms with E-state index >= 15 is 0 Å². The molecule has 0 spiro atoms. The standard InChI is InChI=1S/C18H15FOS/c1-10-6-11(2)17(12(3)7-10)18(20)16-8-13-4-5-14(19)9-15(13)21-16/h4-9H,1-3H3. The summed E-state index contributed by atoms with van der Waals surface area (Å²) < 4.78 is 14.1. The van der Waals surface area contributed by atoms with Crippen molar-refractivity contribution in [3.05, 3.63) is 69.3 Å². The fourth-order valence-corrected chi connectivity index (χ4v) is 3.81. The Labute approximate surface area is 127 Å². The van der Waals surface area contributed by atoms with E-state index in [9.17, 15) is 9.18 Å². The van der Waals surface area contributed by atoms with E-state index in [0.717, 1.165) is 32.3 Å². The van der Waals surface area contributed by atoms with Crippen molar-refractivity contribution in [3.8, 4) is 0 Å². The predicted octanol–water partition coefficient (Wildman–Crippen LogP) is 5.20. The normalized spacial score (nSPS) is 11.0. The number of rotatable bonds is 2. The Morgan fingerprint density at radius 3 is 2.33 bits per heavy atom. The minimum absolute atomic E-state index is 0.0200. The van der Waals surface area contributed by atoms with Gasteiger partial charge in [-0.15, -0.1) is 11.3 Å². The number of benzene rings is 2. The Hall–Kier alpha value is -2.00. The van der Waals surface area contributed by atoms with Gasteiger partial charge in [0.1, 0.15) is 5.82 Å². The van der Waals surface area contributed by atoms with Crippen molar-refractivity contribution in [3.63, 3.8) is 0 Å². The van der Waals surface area contributed by atoms with E-state index in [1.165, 1.54) is 23.5 Å². The summed E-state index contributed by atoms with van der Waals surface area (Å²) in [5.41, 5.74) is 3.88. The number of hydrogen-bond acceptors (Lipinski definition) is 2. The molecule has 0 fully saturated rings. The minimum Gasteiger partial charge on any atom is -0.288 e. The number of halogens is 1. The smallest absolute Gasteiger partial charge is 0.203 e. The van der Waals surface area contributed by atoms with E-state index in [1.807, 2.05) is 39.0 Å². The minimum atomic E-state index is -0.272. The molecule has 3 rings (SSSR count). The molecule has 0 N–H and O–H groups in total. The molecular formula is C18H15FOS. The zero-order valence-corrected chi connectivity index (χ0v) is 13.0. The van der Waals surface area contributed by atoms with E-state index < -0.39 is 0 Å². The van der Waals surface area contributed by atoms with Gasteiger partial charge < -0.3 is 0 Å². The van der Waals surface area contributed by atoms with Crippen molar-refractivity contribution in [1.29, 1.82) is 0 Å². The molecule has 3 aromatic rings. The van der Waals surface area contributed by atoms with E-state index in [4.69, 9.17) is 0 Å². The molecule has 0 radical (unpaired) electrons. The first-order chi connectivity index (χ1) is 9.95. The van der Waals surface area contributed by atoms with E-state index in [-0.39, 0.29) is 11.6 Å². The number of fused-ring (bicyclic) bond motifs is 1. The van der Waals surface area contributed by atoms with Crippen LogP contribution in [0.1, 0.15) is 31.9 Å². The van der Waals surface area contributed by atoms with Crippen LogP contribution in [-0.4, -0.2) is 5.78 Å². The van der Waals surface area contributed by atoms with Crippen LogP contribution in [0.3, 0.4) is 0 Å². The number of carbonyl (C=O) groups is 1. The van der Waals surface area contributed by atoms with Gasteiger partial charge in [-0.1, -0.05) is 23.8 Å². The van der Waals surface area contributed by atoms with Gasteiger partial charge in [0.2, 0.25) is 5.78 Å². The van der Waals surface area contributed by atoms with Crippen molar-refractivity contribution in [2.24, 2.45) is 0 Å². The van der Waals surface area contributed by atoms with Gasteiger partial charge in [0.15, 0.2) is 0 Å². The SMILES string of the molecule is Cc1cc(C)c(C(=O)c2cc3ccc(F)cc3s2)c(C)c1. The molecule has 0 saturated heterocycles. The van der Waals surface area contributed by atoms with Gasteiger partial charge in [0, 0.05) is 10.3 Å². The van der Waals surface area contributed by atoms with Gasteiger partial charge in [-0.3, -0.25) is 4.79 Å². The molecule has 2 aromatic carbocycles. The van der Waals surface area contributed by atoms with Crippen molar-refractivity contribution >= 4 is 27.2 Å². The van der Waals surface area contributed by atoms with Gasteiger partial charge in [0.25, 0.3) is 0 Å². The number of aryl methyl sites for hydroxylation is 3. The third-order valence-electron chi connectivity index (χ3n) is 3.61. The lowest BCUT2D eigenvalue weighted by Crippen LogP contribution is -2.05. The third-order valence-corrected chi connectivity index (χ3v) is 4.71. The third kappa shape index (κ3) is 2.49. The summed E-state index contributed by atoms with van der Waals surface area (Å²) in [6.07, 6.45) is 0. The molecule has 1 heterocycles. The van der Waals surface area contributed by atoms with Crippen LogP contribution < -0.4 is 0 Å². The largest absolute Gasteiger partial charge is 0.288 e. The summed E-state index contributed by atoms with van der Waals surface area (Å²) in [6.45, 7) is 5.94. The van der Waals surface area contributed by atoms with Gasteiger partial charge in [0.05, 0.1) is 4.88 Å². The Morgan fingerprint density at radius 1 is 1.00 bits per heavy atom. The highest BCUT2D eigenvalue weighted by Crippen LogP contribution is 2.30. The average Bonchev–Trinajstić information content (AvgIpc) is 2.80. The number of ketones is 1. The highest BCUT2D eigenvalue weighted by Gasteiger charge is 2.17. The Morgan fingerprint density at radius 2 is 1.67 bits per heavy atom. The van der Waals surface area contributed by atoms with Crippen molar-refractivity contribution in [2.75, 3.05) is 0 Å². The molecule has 0 bridgehead atoms. The molecule has 0 amide bonds. The summed E-state index contributed by atoms with van der Waals surface area (Å²) >= 11 is 1.35. The highest BCUT2D eigenvalue weighted by atomic mass is 32.1. The lowest BCUT2D eigenvalue weighted by molar-refractivity contribution is 0.104. The lowest BCUT2D eigenvalue weighted by Gasteiger charge is -2.09. The molecular weight excluding hydrogens is 283 g/mol. The molecule has 0 aliphatic carbocycles. The monoisotopic (exact) mass is 298 g/mol. The first-order valence-electron chi connectivity index (χ1n) is 6.77. The maximum Gasteiger partial charge on any atom is 0.203 e. The van der Waals surface area contributed by atoms with Gasteiger partial charge in [-0.25, -0.2) is 4.39 Å². The second-order valence-corrected chi connectivity index (χ2v) is 6.48. The van der Waals surface area contributed by atoms with Crippen LogP contribution in [0.4, 0.5) is 4.39 Å². The molecule has 1 nitrogen and oxygen atoms in total. The van der Waals surface area contributed by atoms with Crippen LogP contribution in [0.25, 0.3) is 10.1 Å². The molecule has 21 heavy (non-hydrogen) atoms. The van der Waals surface area contributed by atoms with E-state index in [2.05, 4.69) is 0 Å². The molecule has 0 atom stereocenters. The van der Waals surface area contributed by atoms with Gasteiger partial charge >= 0.3 is 0 Å². The van der Waals surface area contributed by atoms with Crippen LogP contribution >= 0.6 is 11.3 Å². The van der Waals surface area contributed by atoms with Crippen LogP contribution in [0, 0.1) is 26.6 Å². The Kier molecular flexibility index (Phi) is 3.38. The molecule has 106 valence electrons. The average molecular weight is 298 g/mol. The second kappa shape index (κ2) is 5.08. The van der Waals surface area contributed by atoms with Crippen LogP contribution in [0.5, 0.6) is 0 Å². The molecule has 0 saturated carbocycles. The maximum atomic E-state index is 13.3. The molecule has 0 aliphatic rings. The number of thiophene rings is 1. The van der Waals surface area contributed by atoms with E-state index in [0.29, 0.717) is 4.88 Å². The zero-order valence-electron chi connectivity index (χ0n) is 12.2. The topological polar surface area (TPSA) is 17.1 Å². The summed E-state index contributed by atoms with van der Waals surface area (Å²) in [6, 6.07) is 10.5. The maximum absolute atomic E-state index is 13.3.